The molecule has 0 unspecified atom stereocenters. The number of carboxylic acids is 1. The fraction of sp³-hybridized carbons (Fsp3) is 0.304. The quantitative estimate of drug-likeness (QED) is 0.0767. The number of esters is 1. The number of fused-ring (bicyclic) bond motifs is 6. The summed E-state index contributed by atoms with van der Waals surface area (Å²) < 4.78 is 12.2. The molecule has 15 rings (SSSR count). The molecule has 12 aromatic rings. The molecule has 0 bridgehead atoms. The predicted octanol–water partition coefficient (Wildman–Crippen LogP) is 14.9. The molecule has 6 heterocycles. The van der Waals surface area contributed by atoms with Crippen LogP contribution in [0.3, 0.4) is 0 Å². The van der Waals surface area contributed by atoms with Crippen molar-refractivity contribution in [1.82, 2.24) is 58.6 Å². The molecule has 441 valence electrons. The molecule has 0 saturated heterocycles. The fourth-order valence-electron chi connectivity index (χ4n) is 12.9. The van der Waals surface area contributed by atoms with Crippen LogP contribution in [0.2, 0.25) is 0 Å². The average Bonchev–Trinajstić information content (AvgIpc) is 1.70. The number of nitrogens with zero attached hydrogens (tertiary/aromatic N) is 12. The summed E-state index contributed by atoms with van der Waals surface area (Å²) in [6.07, 6.45) is 31.1. The third-order valence-electron chi connectivity index (χ3n) is 17.1. The molecular weight excluding hydrogens is 1340 g/mol. The van der Waals surface area contributed by atoms with Crippen LogP contribution in [0.25, 0.3) is 100 Å². The number of carbonyl (C=O) groups is 3. The number of aromatic carboxylic acids is 1. The van der Waals surface area contributed by atoms with E-state index in [-0.39, 0.29) is 115 Å². The van der Waals surface area contributed by atoms with E-state index in [9.17, 15) is 19.5 Å². The Hall–Kier alpha value is -6.33. The van der Waals surface area contributed by atoms with Crippen LogP contribution in [-0.2, 0) is 103 Å². The number of imidazole rings is 3. The summed E-state index contributed by atoms with van der Waals surface area (Å²) in [5.74, 6) is 1.53. The summed E-state index contributed by atoms with van der Waals surface area (Å²) in [6.45, 7) is 3.76. The molecule has 3 fully saturated rings. The molecule has 1 N–H and O–H groups in total. The maximum absolute atomic E-state index is 12.2. The largest absolute Gasteiger partial charge is 0.478 e. The minimum atomic E-state index is -0.937. The van der Waals surface area contributed by atoms with Gasteiger partial charge in [-0.1, -0.05) is 92.5 Å². The molecule has 0 atom stereocenters. The Balaban J connectivity index is 0.000000145. The normalized spacial score (nSPS) is 14.7. The molecule has 0 aliphatic heterocycles. The van der Waals surface area contributed by atoms with Gasteiger partial charge in [0.05, 0.1) is 50.8 Å². The smallest absolute Gasteiger partial charge is 0.338 e. The Morgan fingerprint density at radius 1 is 0.438 bits per heavy atom. The Morgan fingerprint density at radius 3 is 1.12 bits per heavy atom. The Morgan fingerprint density at radius 2 is 0.775 bits per heavy atom. The van der Waals surface area contributed by atoms with Crippen molar-refractivity contribution in [3.05, 3.63) is 163 Å². The van der Waals surface area contributed by atoms with E-state index in [4.69, 9.17) is 19.7 Å². The average molecular weight is 1410 g/mol. The first kappa shape index (κ1) is 65.6. The molecule has 6 aromatic heterocycles. The number of aromatic nitrogens is 12. The number of ketones is 1. The molecule has 0 spiro atoms. The number of hydrogen-bond acceptors (Lipinski definition) is 13. The zero-order valence-corrected chi connectivity index (χ0v) is 58.4. The summed E-state index contributed by atoms with van der Waals surface area (Å²) in [6, 6.07) is 36.0. The van der Waals surface area contributed by atoms with Gasteiger partial charge in [0.1, 0.15) is 17.5 Å². The third kappa shape index (κ3) is 14.1. The first-order valence-corrected chi connectivity index (χ1v) is 30.0. The maximum atomic E-state index is 12.2. The van der Waals surface area contributed by atoms with Gasteiger partial charge in [-0.25, -0.2) is 24.5 Å². The zero-order valence-electron chi connectivity index (χ0n) is 49.8. The van der Waals surface area contributed by atoms with Crippen LogP contribution in [0.15, 0.2) is 128 Å². The standard InChI is InChI=1S/C24H23N4O2.C23H21N4O.C22H19N4O2.3Y/c1-2-30-24(29)17-9-11-22-21(15-17)27-23(28(22)18-6-4-3-5-7-18)16-8-10-19-20(14-16)26-13-12-25-19;1-15(28)16-8-10-22-21(13-16)26-23(27(22)18-5-3-2-4-6-18)17-7-9-19-20(14-17)25-12-11-24-19;27-22(28)15-7-9-20-19(13-15)25-21(26(20)16-4-2-1-3-5-16)14-6-8-17-18(12-14)24-11-10-23-17;;;/h8-11,13-15,18H,2-7H2,1H3;7-10,12-14,18H,2-6H2,1H3;6-9,11-13,16H,1-5H2,(H,27,28);;;/q3*-1;;;. The number of hydrogen-bond donors (Lipinski definition) is 1. The number of carbonyl (C=O) groups excluding carboxylic acids is 2. The van der Waals surface area contributed by atoms with Crippen LogP contribution in [0, 0.1) is 18.6 Å². The first-order valence-electron chi connectivity index (χ1n) is 30.0. The van der Waals surface area contributed by atoms with Crippen LogP contribution >= 0.6 is 0 Å². The van der Waals surface area contributed by atoms with Gasteiger partial charge in [0.2, 0.25) is 0 Å². The van der Waals surface area contributed by atoms with E-state index in [1.54, 1.807) is 37.6 Å². The van der Waals surface area contributed by atoms with E-state index in [1.165, 1.54) is 57.8 Å². The third-order valence-corrected chi connectivity index (χ3v) is 17.1. The van der Waals surface area contributed by atoms with Crippen molar-refractivity contribution in [2.45, 2.75) is 128 Å². The van der Waals surface area contributed by atoms with Gasteiger partial charge in [-0.15, -0.1) is 36.8 Å². The second-order valence-electron chi connectivity index (χ2n) is 22.6. The fourth-order valence-corrected chi connectivity index (χ4v) is 12.9. The Kier molecular flexibility index (Phi) is 21.9. The molecule has 3 saturated carbocycles. The van der Waals surface area contributed by atoms with Crippen LogP contribution in [-0.4, -0.2) is 88.0 Å². The van der Waals surface area contributed by atoms with E-state index >= 15 is 0 Å². The van der Waals surface area contributed by atoms with Crippen LogP contribution in [0.1, 0.15) is 159 Å². The van der Waals surface area contributed by atoms with Crippen molar-refractivity contribution in [2.24, 2.45) is 0 Å². The predicted molar refractivity (Wildman–Crippen MR) is 331 cm³/mol. The molecule has 89 heavy (non-hydrogen) atoms. The number of carboxylic acid groups (broad SMARTS) is 1. The van der Waals surface area contributed by atoms with Crippen LogP contribution in [0.5, 0.6) is 0 Å². The molecule has 3 radical (unpaired) electrons. The van der Waals surface area contributed by atoms with E-state index in [0.29, 0.717) is 41.4 Å². The SMILES string of the molecule is CC(=O)c1ccc2c(c1)nc(-c1ccc3n[c-]cnc3c1)n2C1CCCCC1.CCOC(=O)c1ccc2c(c1)nc(-c1ccc3n[c-]cnc3c1)n2C1CCCCC1.O=C(O)c1ccc2c(c1)nc(-c1ccc3n[c-]cnc3c1)n2C1CCCCC1.[Y].[Y].[Y]. The maximum Gasteiger partial charge on any atom is 0.338 e. The second-order valence-corrected chi connectivity index (χ2v) is 22.6. The van der Waals surface area contributed by atoms with Crippen molar-refractivity contribution in [2.75, 3.05) is 6.61 Å². The molecule has 3 aliphatic rings. The number of ether oxygens (including phenoxy) is 1. The van der Waals surface area contributed by atoms with Crippen molar-refractivity contribution in [1.29, 1.82) is 0 Å². The van der Waals surface area contributed by atoms with Gasteiger partial charge in [0, 0.05) is 155 Å². The van der Waals surface area contributed by atoms with E-state index < -0.39 is 5.97 Å². The van der Waals surface area contributed by atoms with Crippen molar-refractivity contribution >= 4 is 83.9 Å². The zero-order chi connectivity index (χ0) is 58.7. The minimum Gasteiger partial charge on any atom is -0.478 e. The van der Waals surface area contributed by atoms with Gasteiger partial charge in [-0.05, 0) is 144 Å². The van der Waals surface area contributed by atoms with Crippen molar-refractivity contribution < 1.29 is 122 Å². The van der Waals surface area contributed by atoms with Crippen molar-refractivity contribution in [3.8, 4) is 34.2 Å². The molecule has 0 amide bonds. The summed E-state index contributed by atoms with van der Waals surface area (Å²) in [7, 11) is 0. The number of Topliss-reactive ketones (excluding diaryl/α,β-unsaturated/α-hetero) is 1. The monoisotopic (exact) mass is 1410 g/mol. The van der Waals surface area contributed by atoms with Gasteiger partial charge >= 0.3 is 11.9 Å². The van der Waals surface area contributed by atoms with Gasteiger partial charge < -0.3 is 38.5 Å². The summed E-state index contributed by atoms with van der Waals surface area (Å²) in [5, 5.41) is 9.35. The Bertz CT molecular complexity index is 4340. The van der Waals surface area contributed by atoms with E-state index in [0.717, 1.165) is 133 Å². The molecule has 20 heteroatoms. The second kappa shape index (κ2) is 29.7. The number of benzene rings is 6. The van der Waals surface area contributed by atoms with Gasteiger partial charge in [0.25, 0.3) is 0 Å². The Labute approximate surface area is 590 Å². The van der Waals surface area contributed by atoms with Crippen molar-refractivity contribution in [3.63, 3.8) is 0 Å². The summed E-state index contributed by atoms with van der Waals surface area (Å²) in [5.41, 5.74) is 14.9. The number of rotatable bonds is 10. The topological polar surface area (TPSA) is 211 Å². The molecule has 6 aromatic carbocycles. The molecular formula is C69H63N12O5Y3-3. The van der Waals surface area contributed by atoms with Gasteiger partial charge in [-0.3, -0.25) is 19.7 Å². The minimum absolute atomic E-state index is 0. The molecule has 3 aliphatic carbocycles. The van der Waals surface area contributed by atoms with Crippen LogP contribution in [0.4, 0.5) is 0 Å². The van der Waals surface area contributed by atoms with Gasteiger partial charge in [0.15, 0.2) is 5.78 Å². The van der Waals surface area contributed by atoms with E-state index in [2.05, 4.69) is 68.3 Å². The van der Waals surface area contributed by atoms with E-state index in [1.807, 2.05) is 97.9 Å². The molecule has 17 nitrogen and oxygen atoms in total. The summed E-state index contributed by atoms with van der Waals surface area (Å²) in [4.78, 5) is 76.2. The summed E-state index contributed by atoms with van der Waals surface area (Å²) >= 11 is 0. The van der Waals surface area contributed by atoms with Crippen LogP contribution < -0.4 is 0 Å². The first-order chi connectivity index (χ1) is 42.1. The van der Waals surface area contributed by atoms with Gasteiger partial charge in [-0.2, -0.15) is 0 Å².